The summed E-state index contributed by atoms with van der Waals surface area (Å²) in [5, 5.41) is 9.48. The van der Waals surface area contributed by atoms with Crippen molar-refractivity contribution in [3.05, 3.63) is 27.7 Å². The number of anilines is 1. The van der Waals surface area contributed by atoms with Gasteiger partial charge in [-0.05, 0) is 32.8 Å². The maximum absolute atomic E-state index is 12.7. The van der Waals surface area contributed by atoms with Gasteiger partial charge in [-0.15, -0.1) is 0 Å². The van der Waals surface area contributed by atoms with Crippen LogP contribution in [0.2, 0.25) is 5.15 Å². The summed E-state index contributed by atoms with van der Waals surface area (Å²) < 4.78 is 11.4. The maximum atomic E-state index is 12.7. The molecule has 2 unspecified atom stereocenters. The van der Waals surface area contributed by atoms with Gasteiger partial charge in [0.25, 0.3) is 0 Å². The van der Waals surface area contributed by atoms with Gasteiger partial charge in [-0.25, -0.2) is 14.6 Å². The van der Waals surface area contributed by atoms with Crippen LogP contribution in [0, 0.1) is 17.9 Å². The third-order valence-electron chi connectivity index (χ3n) is 5.02. The molecule has 8 nitrogen and oxygen atoms in total. The number of fused-ring (bicyclic) bond motifs is 1. The van der Waals surface area contributed by atoms with E-state index in [0.29, 0.717) is 49.7 Å². The first-order chi connectivity index (χ1) is 13.7. The Balaban J connectivity index is 1.92. The van der Waals surface area contributed by atoms with Crippen molar-refractivity contribution in [1.29, 1.82) is 5.26 Å². The van der Waals surface area contributed by atoms with E-state index in [2.05, 4.69) is 15.9 Å². The lowest BCUT2D eigenvalue weighted by Gasteiger charge is -2.37. The Kier molecular flexibility index (Phi) is 5.88. The van der Waals surface area contributed by atoms with Crippen LogP contribution in [0.5, 0.6) is 0 Å². The first kappa shape index (κ1) is 21.2. The lowest BCUT2D eigenvalue weighted by atomic mass is 10.1. The molecule has 2 atom stereocenters. The Bertz CT molecular complexity index is 899. The normalized spacial score (nSPS) is 21.3. The lowest BCUT2D eigenvalue weighted by molar-refractivity contribution is -0.0567. The largest absolute Gasteiger partial charge is 0.444 e. The number of amides is 1. The average molecular weight is 418 g/mol. The highest BCUT2D eigenvalue weighted by atomic mass is 35.5. The second kappa shape index (κ2) is 8.06. The zero-order valence-corrected chi connectivity index (χ0v) is 17.8. The number of nitrogens with zero attached hydrogens (tertiary/aromatic N) is 5. The number of rotatable bonds is 2. The van der Waals surface area contributed by atoms with E-state index in [9.17, 15) is 10.1 Å². The van der Waals surface area contributed by atoms with Gasteiger partial charge in [0.1, 0.15) is 22.6 Å². The van der Waals surface area contributed by atoms with Crippen LogP contribution in [-0.2, 0) is 15.9 Å². The van der Waals surface area contributed by atoms with Gasteiger partial charge in [0.15, 0.2) is 0 Å². The van der Waals surface area contributed by atoms with Crippen molar-refractivity contribution in [2.75, 3.05) is 31.1 Å². The smallest absolute Gasteiger partial charge is 0.410 e. The summed E-state index contributed by atoms with van der Waals surface area (Å²) in [6, 6.07) is 1.84. The standard InChI is InChI=1S/C20H24ClN5O3/c1-6-12-13(9-22)17(21)24-18(16(12)23-5)25-10-14-15(11-25)28-8-7-26(14)19(27)29-20(2,3)4/h14-15H,6-8,10-11H2,1-4H3. The van der Waals surface area contributed by atoms with Gasteiger partial charge in [0.2, 0.25) is 5.69 Å². The molecule has 2 aliphatic heterocycles. The van der Waals surface area contributed by atoms with Crippen LogP contribution in [0.25, 0.3) is 4.85 Å². The number of ether oxygens (including phenoxy) is 2. The Hall–Kier alpha value is -2.55. The van der Waals surface area contributed by atoms with E-state index < -0.39 is 5.60 Å². The highest BCUT2D eigenvalue weighted by Gasteiger charge is 2.44. The molecule has 29 heavy (non-hydrogen) atoms. The van der Waals surface area contributed by atoms with Crippen LogP contribution in [0.1, 0.15) is 38.8 Å². The molecule has 0 aromatic carbocycles. The molecule has 3 rings (SSSR count). The zero-order chi connectivity index (χ0) is 21.3. The highest BCUT2D eigenvalue weighted by molar-refractivity contribution is 6.31. The number of hydrogen-bond donors (Lipinski definition) is 0. The molecule has 9 heteroatoms. The summed E-state index contributed by atoms with van der Waals surface area (Å²) in [6.45, 7) is 16.8. The molecule has 3 heterocycles. The van der Waals surface area contributed by atoms with Crippen molar-refractivity contribution in [3.8, 4) is 6.07 Å². The fourth-order valence-electron chi connectivity index (χ4n) is 3.78. The van der Waals surface area contributed by atoms with Crippen LogP contribution in [0.15, 0.2) is 0 Å². The van der Waals surface area contributed by atoms with E-state index in [1.54, 1.807) is 4.90 Å². The third-order valence-corrected chi connectivity index (χ3v) is 5.29. The molecule has 0 saturated carbocycles. The molecule has 0 spiro atoms. The fourth-order valence-corrected chi connectivity index (χ4v) is 4.02. The summed E-state index contributed by atoms with van der Waals surface area (Å²) in [7, 11) is 0. The number of carbonyl (C=O) groups is 1. The zero-order valence-electron chi connectivity index (χ0n) is 17.0. The summed E-state index contributed by atoms with van der Waals surface area (Å²) >= 11 is 6.25. The molecule has 2 saturated heterocycles. The van der Waals surface area contributed by atoms with Gasteiger partial charge in [0.05, 0.1) is 30.9 Å². The molecule has 0 N–H and O–H groups in total. The monoisotopic (exact) mass is 417 g/mol. The molecule has 1 aromatic heterocycles. The van der Waals surface area contributed by atoms with Gasteiger partial charge in [-0.3, -0.25) is 4.90 Å². The van der Waals surface area contributed by atoms with Crippen molar-refractivity contribution in [3.63, 3.8) is 0 Å². The first-order valence-electron chi connectivity index (χ1n) is 9.56. The number of nitriles is 1. The quantitative estimate of drug-likeness (QED) is 0.540. The Labute approximate surface area is 175 Å². The van der Waals surface area contributed by atoms with E-state index in [0.717, 1.165) is 0 Å². The molecule has 2 fully saturated rings. The van der Waals surface area contributed by atoms with Gasteiger partial charge in [-0.1, -0.05) is 18.5 Å². The first-order valence-corrected chi connectivity index (χ1v) is 9.94. The third kappa shape index (κ3) is 4.10. The Morgan fingerprint density at radius 1 is 1.48 bits per heavy atom. The summed E-state index contributed by atoms with van der Waals surface area (Å²) in [5.74, 6) is 0.433. The van der Waals surface area contributed by atoms with E-state index in [-0.39, 0.29) is 29.0 Å². The highest BCUT2D eigenvalue weighted by Crippen LogP contribution is 2.39. The summed E-state index contributed by atoms with van der Waals surface area (Å²) in [6.07, 6.45) is -0.0869. The Morgan fingerprint density at radius 2 is 2.21 bits per heavy atom. The van der Waals surface area contributed by atoms with Gasteiger partial charge < -0.3 is 14.4 Å². The molecule has 0 radical (unpaired) electrons. The van der Waals surface area contributed by atoms with Crippen LogP contribution >= 0.6 is 11.6 Å². The van der Waals surface area contributed by atoms with Crippen LogP contribution in [-0.4, -0.2) is 60.0 Å². The average Bonchev–Trinajstić information content (AvgIpc) is 3.09. The molecule has 1 amide bonds. The number of morpholine rings is 1. The SMILES string of the molecule is [C-]#[N+]c1c(N2CC3OCCN(C(=O)OC(C)(C)C)C3C2)nc(Cl)c(C#N)c1CC. The molecular weight excluding hydrogens is 394 g/mol. The summed E-state index contributed by atoms with van der Waals surface area (Å²) in [5.41, 5.74) is 0.582. The molecule has 0 aliphatic carbocycles. The maximum Gasteiger partial charge on any atom is 0.410 e. The molecule has 1 aromatic rings. The number of halogens is 1. The van der Waals surface area contributed by atoms with Crippen molar-refractivity contribution in [2.24, 2.45) is 0 Å². The van der Waals surface area contributed by atoms with E-state index in [4.69, 9.17) is 27.6 Å². The second-order valence-corrected chi connectivity index (χ2v) is 8.42. The van der Waals surface area contributed by atoms with Gasteiger partial charge in [-0.2, -0.15) is 5.26 Å². The van der Waals surface area contributed by atoms with Crippen LogP contribution in [0.4, 0.5) is 16.3 Å². The Morgan fingerprint density at radius 3 is 2.79 bits per heavy atom. The minimum Gasteiger partial charge on any atom is -0.444 e. The summed E-state index contributed by atoms with van der Waals surface area (Å²) in [4.78, 5) is 24.3. The molecule has 2 aliphatic rings. The van der Waals surface area contributed by atoms with Crippen molar-refractivity contribution in [1.82, 2.24) is 9.88 Å². The van der Waals surface area contributed by atoms with Crippen molar-refractivity contribution >= 4 is 29.2 Å². The predicted octanol–water partition coefficient (Wildman–Crippen LogP) is 3.54. The van der Waals surface area contributed by atoms with Crippen LogP contribution < -0.4 is 4.90 Å². The number of pyridine rings is 1. The number of carbonyl (C=O) groups excluding carboxylic acids is 1. The molecule has 154 valence electrons. The van der Waals surface area contributed by atoms with Crippen molar-refractivity contribution in [2.45, 2.75) is 51.9 Å². The minimum atomic E-state index is -0.585. The molecule has 0 bridgehead atoms. The van der Waals surface area contributed by atoms with Crippen molar-refractivity contribution < 1.29 is 14.3 Å². The lowest BCUT2D eigenvalue weighted by Crippen LogP contribution is -2.54. The number of aromatic nitrogens is 1. The predicted molar refractivity (Wildman–Crippen MR) is 108 cm³/mol. The second-order valence-electron chi connectivity index (χ2n) is 8.06. The fraction of sp³-hybridized carbons (Fsp3) is 0.600. The van der Waals surface area contributed by atoms with Gasteiger partial charge in [0, 0.05) is 19.6 Å². The van der Waals surface area contributed by atoms with E-state index in [1.165, 1.54) is 0 Å². The molecular formula is C20H24ClN5O3. The van der Waals surface area contributed by atoms with Crippen LogP contribution in [0.3, 0.4) is 0 Å². The van der Waals surface area contributed by atoms with E-state index in [1.807, 2.05) is 32.6 Å². The topological polar surface area (TPSA) is 83.1 Å². The van der Waals surface area contributed by atoms with Gasteiger partial charge >= 0.3 is 6.09 Å². The number of hydrogen-bond acceptors (Lipinski definition) is 6. The minimum absolute atomic E-state index is 0.0894. The van der Waals surface area contributed by atoms with E-state index >= 15 is 0 Å².